The predicted molar refractivity (Wildman–Crippen MR) is 73.8 cm³/mol. The van der Waals surface area contributed by atoms with Gasteiger partial charge < -0.3 is 5.32 Å². The van der Waals surface area contributed by atoms with Gasteiger partial charge in [-0.05, 0) is 44.0 Å². The summed E-state index contributed by atoms with van der Waals surface area (Å²) >= 11 is 0. The molecule has 0 amide bonds. The van der Waals surface area contributed by atoms with Crippen molar-refractivity contribution in [3.63, 3.8) is 0 Å². The van der Waals surface area contributed by atoms with E-state index < -0.39 is 0 Å². The van der Waals surface area contributed by atoms with Crippen molar-refractivity contribution in [3.8, 4) is 0 Å². The molecule has 0 fully saturated rings. The summed E-state index contributed by atoms with van der Waals surface area (Å²) in [5.74, 6) is 0. The predicted octanol–water partition coefficient (Wildman–Crippen LogP) is 2.36. The highest BCUT2D eigenvalue weighted by atomic mass is 15.3. The number of hydrogen-bond acceptors (Lipinski definition) is 3. The van der Waals surface area contributed by atoms with Crippen LogP contribution in [0, 0.1) is 6.92 Å². The van der Waals surface area contributed by atoms with E-state index in [0.717, 1.165) is 25.0 Å². The number of rotatable bonds is 6. The molecule has 0 aliphatic heterocycles. The number of aryl methyl sites for hydroxylation is 1. The molecule has 2 aromatic rings. The lowest BCUT2D eigenvalue weighted by atomic mass is 10.1. The standard InChI is InChI=1S/C14H22N4/c1-4-6-15-12(5-2)9-13-7-11(3)8-14-16-10-17-18(13)14/h7-8,10,12,15H,4-6,9H2,1-3H3. The van der Waals surface area contributed by atoms with Crippen LogP contribution >= 0.6 is 0 Å². The van der Waals surface area contributed by atoms with Gasteiger partial charge in [-0.3, -0.25) is 0 Å². The first-order valence-corrected chi connectivity index (χ1v) is 6.77. The molecule has 1 atom stereocenters. The van der Waals surface area contributed by atoms with Crippen LogP contribution in [0.3, 0.4) is 0 Å². The monoisotopic (exact) mass is 246 g/mol. The van der Waals surface area contributed by atoms with Crippen molar-refractivity contribution in [1.29, 1.82) is 0 Å². The maximum atomic E-state index is 4.31. The molecule has 18 heavy (non-hydrogen) atoms. The van der Waals surface area contributed by atoms with E-state index >= 15 is 0 Å². The Hall–Kier alpha value is -1.42. The molecule has 0 aliphatic rings. The Bertz CT molecular complexity index is 503. The van der Waals surface area contributed by atoms with E-state index in [2.05, 4.69) is 48.3 Å². The van der Waals surface area contributed by atoms with Crippen LogP contribution in [0.25, 0.3) is 5.65 Å². The van der Waals surface area contributed by atoms with Gasteiger partial charge in [-0.1, -0.05) is 13.8 Å². The highest BCUT2D eigenvalue weighted by Gasteiger charge is 2.10. The molecule has 4 heteroatoms. The minimum atomic E-state index is 0.513. The Morgan fingerprint density at radius 3 is 2.89 bits per heavy atom. The summed E-state index contributed by atoms with van der Waals surface area (Å²) in [7, 11) is 0. The zero-order valence-corrected chi connectivity index (χ0v) is 11.5. The van der Waals surface area contributed by atoms with Crippen molar-refractivity contribution in [1.82, 2.24) is 19.9 Å². The Kier molecular flexibility index (Phi) is 4.31. The van der Waals surface area contributed by atoms with Gasteiger partial charge in [0.15, 0.2) is 5.65 Å². The van der Waals surface area contributed by atoms with Crippen molar-refractivity contribution >= 4 is 5.65 Å². The first kappa shape index (κ1) is 13.0. The van der Waals surface area contributed by atoms with Gasteiger partial charge >= 0.3 is 0 Å². The smallest absolute Gasteiger partial charge is 0.155 e. The van der Waals surface area contributed by atoms with E-state index in [0.29, 0.717) is 6.04 Å². The van der Waals surface area contributed by atoms with Crippen LogP contribution in [-0.2, 0) is 6.42 Å². The molecule has 4 nitrogen and oxygen atoms in total. The molecule has 0 aromatic carbocycles. The highest BCUT2D eigenvalue weighted by molar-refractivity contribution is 5.41. The average Bonchev–Trinajstić information content (AvgIpc) is 2.82. The van der Waals surface area contributed by atoms with Gasteiger partial charge in [0, 0.05) is 18.2 Å². The molecule has 2 heterocycles. The van der Waals surface area contributed by atoms with Gasteiger partial charge in [-0.15, -0.1) is 0 Å². The van der Waals surface area contributed by atoms with Crippen LogP contribution in [0.1, 0.15) is 37.9 Å². The normalized spacial score (nSPS) is 13.1. The Morgan fingerprint density at radius 2 is 2.17 bits per heavy atom. The fourth-order valence-electron chi connectivity index (χ4n) is 2.25. The third kappa shape index (κ3) is 2.88. The summed E-state index contributed by atoms with van der Waals surface area (Å²) in [4.78, 5) is 4.27. The van der Waals surface area contributed by atoms with E-state index in [-0.39, 0.29) is 0 Å². The van der Waals surface area contributed by atoms with Crippen molar-refractivity contribution in [2.75, 3.05) is 6.54 Å². The van der Waals surface area contributed by atoms with E-state index in [1.807, 2.05) is 4.52 Å². The summed E-state index contributed by atoms with van der Waals surface area (Å²) < 4.78 is 1.95. The lowest BCUT2D eigenvalue weighted by Gasteiger charge is -2.17. The van der Waals surface area contributed by atoms with Crippen molar-refractivity contribution in [2.45, 2.75) is 46.1 Å². The molecule has 1 N–H and O–H groups in total. The lowest BCUT2D eigenvalue weighted by Crippen LogP contribution is -2.31. The molecular weight excluding hydrogens is 224 g/mol. The molecule has 0 saturated heterocycles. The summed E-state index contributed by atoms with van der Waals surface area (Å²) in [5.41, 5.74) is 3.42. The van der Waals surface area contributed by atoms with Crippen molar-refractivity contribution in [2.24, 2.45) is 0 Å². The van der Waals surface area contributed by atoms with Crippen LogP contribution in [0.2, 0.25) is 0 Å². The van der Waals surface area contributed by atoms with Gasteiger partial charge in [-0.25, -0.2) is 9.50 Å². The minimum absolute atomic E-state index is 0.513. The zero-order chi connectivity index (χ0) is 13.0. The van der Waals surface area contributed by atoms with Gasteiger partial charge in [0.2, 0.25) is 0 Å². The molecule has 0 radical (unpaired) electrons. The Balaban J connectivity index is 2.21. The minimum Gasteiger partial charge on any atom is -0.314 e. The van der Waals surface area contributed by atoms with E-state index in [4.69, 9.17) is 0 Å². The number of hydrogen-bond donors (Lipinski definition) is 1. The van der Waals surface area contributed by atoms with E-state index in [1.165, 1.54) is 17.7 Å². The highest BCUT2D eigenvalue weighted by Crippen LogP contribution is 2.11. The van der Waals surface area contributed by atoms with Gasteiger partial charge in [0.25, 0.3) is 0 Å². The number of nitrogens with zero attached hydrogens (tertiary/aromatic N) is 3. The largest absolute Gasteiger partial charge is 0.314 e. The van der Waals surface area contributed by atoms with E-state index in [9.17, 15) is 0 Å². The lowest BCUT2D eigenvalue weighted by molar-refractivity contribution is 0.486. The molecule has 0 aliphatic carbocycles. The fraction of sp³-hybridized carbons (Fsp3) is 0.571. The molecule has 0 spiro atoms. The second-order valence-electron chi connectivity index (χ2n) is 4.82. The molecule has 0 bridgehead atoms. The summed E-state index contributed by atoms with van der Waals surface area (Å²) in [5, 5.41) is 7.89. The molecular formula is C14H22N4. The van der Waals surface area contributed by atoms with Gasteiger partial charge in [-0.2, -0.15) is 5.10 Å². The average molecular weight is 246 g/mol. The molecule has 1 unspecified atom stereocenters. The number of pyridine rings is 1. The molecule has 98 valence electrons. The topological polar surface area (TPSA) is 42.2 Å². The van der Waals surface area contributed by atoms with Crippen LogP contribution in [0.5, 0.6) is 0 Å². The Labute approximate surface area is 108 Å². The molecule has 0 saturated carbocycles. The zero-order valence-electron chi connectivity index (χ0n) is 11.5. The molecule has 2 rings (SSSR count). The summed E-state index contributed by atoms with van der Waals surface area (Å²) in [6.45, 7) is 7.60. The van der Waals surface area contributed by atoms with Crippen molar-refractivity contribution in [3.05, 3.63) is 29.7 Å². The maximum absolute atomic E-state index is 4.31. The second-order valence-corrected chi connectivity index (χ2v) is 4.82. The van der Waals surface area contributed by atoms with Crippen LogP contribution in [0.4, 0.5) is 0 Å². The number of aromatic nitrogens is 3. The molecule has 2 aromatic heterocycles. The summed E-state index contributed by atoms with van der Waals surface area (Å²) in [6, 6.07) is 4.79. The summed E-state index contributed by atoms with van der Waals surface area (Å²) in [6.07, 6.45) is 4.92. The third-order valence-corrected chi connectivity index (χ3v) is 3.23. The van der Waals surface area contributed by atoms with Crippen molar-refractivity contribution < 1.29 is 0 Å². The van der Waals surface area contributed by atoms with Gasteiger partial charge in [0.1, 0.15) is 6.33 Å². The SMILES string of the molecule is CCCNC(CC)Cc1cc(C)cc2ncnn12. The first-order valence-electron chi connectivity index (χ1n) is 6.77. The van der Waals surface area contributed by atoms with Crippen LogP contribution in [0.15, 0.2) is 18.5 Å². The van der Waals surface area contributed by atoms with Gasteiger partial charge in [0.05, 0.1) is 0 Å². The quantitative estimate of drug-likeness (QED) is 0.850. The van der Waals surface area contributed by atoms with Crippen LogP contribution < -0.4 is 5.32 Å². The number of fused-ring (bicyclic) bond motifs is 1. The Morgan fingerprint density at radius 1 is 1.33 bits per heavy atom. The number of nitrogens with one attached hydrogen (secondary N) is 1. The van der Waals surface area contributed by atoms with E-state index in [1.54, 1.807) is 6.33 Å². The first-order chi connectivity index (χ1) is 8.74. The van der Waals surface area contributed by atoms with Crippen LogP contribution in [-0.4, -0.2) is 27.2 Å². The third-order valence-electron chi connectivity index (χ3n) is 3.23. The fourth-order valence-corrected chi connectivity index (χ4v) is 2.25. The second kappa shape index (κ2) is 5.96. The maximum Gasteiger partial charge on any atom is 0.155 e.